The summed E-state index contributed by atoms with van der Waals surface area (Å²) in [5, 5.41) is 5.53. The van der Waals surface area contributed by atoms with E-state index >= 15 is 0 Å². The molecule has 2 aromatic heterocycles. The van der Waals surface area contributed by atoms with Gasteiger partial charge >= 0.3 is 5.63 Å². The van der Waals surface area contributed by atoms with E-state index < -0.39 is 5.63 Å². The van der Waals surface area contributed by atoms with Crippen LogP contribution < -0.4 is 20.4 Å². The Kier molecular flexibility index (Phi) is 4.71. The Hall–Kier alpha value is -2.87. The Morgan fingerprint density at radius 3 is 2.76 bits per heavy atom. The van der Waals surface area contributed by atoms with E-state index in [1.165, 1.54) is 25.6 Å². The summed E-state index contributed by atoms with van der Waals surface area (Å²) in [5.41, 5.74) is 0.711. The predicted octanol–water partition coefficient (Wildman–Crippen LogP) is 2.76. The van der Waals surface area contributed by atoms with Crippen LogP contribution in [0.25, 0.3) is 11.0 Å². The third kappa shape index (κ3) is 3.34. The summed E-state index contributed by atoms with van der Waals surface area (Å²) < 4.78 is 16.0. The highest BCUT2D eigenvalue weighted by Gasteiger charge is 2.19. The molecule has 130 valence electrons. The molecule has 0 radical (unpaired) electrons. The van der Waals surface area contributed by atoms with Crippen molar-refractivity contribution in [1.82, 2.24) is 4.98 Å². The van der Waals surface area contributed by atoms with Crippen LogP contribution in [0.5, 0.6) is 11.5 Å². The fourth-order valence-corrected chi connectivity index (χ4v) is 3.12. The Morgan fingerprint density at radius 2 is 2.12 bits per heavy atom. The minimum atomic E-state index is -0.561. The van der Waals surface area contributed by atoms with Crippen molar-refractivity contribution in [2.75, 3.05) is 19.5 Å². The van der Waals surface area contributed by atoms with Crippen molar-refractivity contribution in [3.8, 4) is 11.5 Å². The first-order chi connectivity index (χ1) is 12.0. The lowest BCUT2D eigenvalue weighted by molar-refractivity contribution is -0.115. The molecule has 3 aromatic rings. The van der Waals surface area contributed by atoms with E-state index in [1.54, 1.807) is 30.6 Å². The number of anilines is 1. The first kappa shape index (κ1) is 17.0. The average Bonchev–Trinajstić information content (AvgIpc) is 3.10. The molecule has 3 rings (SSSR count). The van der Waals surface area contributed by atoms with Gasteiger partial charge in [0, 0.05) is 23.7 Å². The van der Waals surface area contributed by atoms with Crippen molar-refractivity contribution in [2.24, 2.45) is 0 Å². The molecule has 0 unspecified atom stereocenters. The molecule has 8 heteroatoms. The number of methoxy groups -OCH3 is 2. The third-order valence-corrected chi connectivity index (χ3v) is 4.48. The topological polar surface area (TPSA) is 90.7 Å². The van der Waals surface area contributed by atoms with Crippen LogP contribution in [0.1, 0.15) is 11.1 Å². The molecule has 0 saturated heterocycles. The maximum atomic E-state index is 12.3. The van der Waals surface area contributed by atoms with Crippen molar-refractivity contribution in [1.29, 1.82) is 0 Å². The highest BCUT2D eigenvalue weighted by molar-refractivity contribution is 7.13. The number of hydrogen-bond acceptors (Lipinski definition) is 7. The lowest BCUT2D eigenvalue weighted by Crippen LogP contribution is -2.20. The minimum Gasteiger partial charge on any atom is -0.496 e. The highest BCUT2D eigenvalue weighted by Crippen LogP contribution is 2.33. The van der Waals surface area contributed by atoms with Gasteiger partial charge in [-0.05, 0) is 12.5 Å². The van der Waals surface area contributed by atoms with Gasteiger partial charge in [-0.2, -0.15) is 0 Å². The fourth-order valence-electron chi connectivity index (χ4n) is 2.57. The van der Waals surface area contributed by atoms with E-state index in [0.717, 1.165) is 0 Å². The number of aromatic nitrogens is 1. The standard InChI is InChI=1S/C17H16N2O5S/c1-9-11(8-14(20)19-17-18-4-5-25-17)16(21)24-13-7-10(22-2)6-12(23-3)15(9)13/h4-7H,8H2,1-3H3,(H,18,19,20). The second-order valence-electron chi connectivity index (χ2n) is 5.26. The number of nitrogens with zero attached hydrogens (tertiary/aromatic N) is 1. The summed E-state index contributed by atoms with van der Waals surface area (Å²) in [6.07, 6.45) is 1.48. The number of fused-ring (bicyclic) bond motifs is 1. The number of hydrogen-bond donors (Lipinski definition) is 1. The van der Waals surface area contributed by atoms with Gasteiger partial charge in [-0.1, -0.05) is 0 Å². The molecular formula is C17H16N2O5S. The molecule has 25 heavy (non-hydrogen) atoms. The summed E-state index contributed by atoms with van der Waals surface area (Å²) in [5.74, 6) is 0.690. The van der Waals surface area contributed by atoms with E-state index in [0.29, 0.717) is 33.2 Å². The summed E-state index contributed by atoms with van der Waals surface area (Å²) in [4.78, 5) is 28.5. The summed E-state index contributed by atoms with van der Waals surface area (Å²) in [7, 11) is 3.04. The zero-order valence-corrected chi connectivity index (χ0v) is 14.7. The monoisotopic (exact) mass is 360 g/mol. The van der Waals surface area contributed by atoms with E-state index in [-0.39, 0.29) is 17.9 Å². The van der Waals surface area contributed by atoms with Gasteiger partial charge < -0.3 is 19.2 Å². The maximum absolute atomic E-state index is 12.3. The molecule has 0 aliphatic heterocycles. The normalized spacial score (nSPS) is 10.7. The lowest BCUT2D eigenvalue weighted by atomic mass is 10.0. The smallest absolute Gasteiger partial charge is 0.340 e. The number of carbonyl (C=O) groups excluding carboxylic acids is 1. The van der Waals surface area contributed by atoms with Gasteiger partial charge in [0.25, 0.3) is 0 Å². The fraction of sp³-hybridized carbons (Fsp3) is 0.235. The van der Waals surface area contributed by atoms with Gasteiger partial charge in [0.15, 0.2) is 5.13 Å². The van der Waals surface area contributed by atoms with Crippen molar-refractivity contribution in [2.45, 2.75) is 13.3 Å². The number of aryl methyl sites for hydroxylation is 1. The Morgan fingerprint density at radius 1 is 1.32 bits per heavy atom. The van der Waals surface area contributed by atoms with Gasteiger partial charge in [0.05, 0.1) is 31.6 Å². The molecule has 0 fully saturated rings. The number of benzene rings is 1. The molecule has 7 nitrogen and oxygen atoms in total. The zero-order valence-electron chi connectivity index (χ0n) is 13.9. The van der Waals surface area contributed by atoms with Crippen LogP contribution in [-0.2, 0) is 11.2 Å². The largest absolute Gasteiger partial charge is 0.496 e. The molecule has 1 amide bonds. The van der Waals surface area contributed by atoms with Gasteiger partial charge in [0.2, 0.25) is 5.91 Å². The van der Waals surface area contributed by atoms with Gasteiger partial charge in [-0.15, -0.1) is 11.3 Å². The second kappa shape index (κ2) is 6.94. The number of nitrogens with one attached hydrogen (secondary N) is 1. The molecule has 2 heterocycles. The number of thiazole rings is 1. The van der Waals surface area contributed by atoms with E-state index in [2.05, 4.69) is 10.3 Å². The van der Waals surface area contributed by atoms with Crippen molar-refractivity contribution < 1.29 is 18.7 Å². The average molecular weight is 360 g/mol. The lowest BCUT2D eigenvalue weighted by Gasteiger charge is -2.12. The SMILES string of the molecule is COc1cc(OC)c2c(C)c(CC(=O)Nc3nccs3)c(=O)oc2c1. The highest BCUT2D eigenvalue weighted by atomic mass is 32.1. The Balaban J connectivity index is 2.04. The predicted molar refractivity (Wildman–Crippen MR) is 94.8 cm³/mol. The molecule has 1 N–H and O–H groups in total. The van der Waals surface area contributed by atoms with Crippen molar-refractivity contribution in [3.05, 3.63) is 45.3 Å². The van der Waals surface area contributed by atoms with Gasteiger partial charge in [0.1, 0.15) is 17.1 Å². The van der Waals surface area contributed by atoms with Crippen LogP contribution in [0.2, 0.25) is 0 Å². The van der Waals surface area contributed by atoms with Gasteiger partial charge in [-0.25, -0.2) is 9.78 Å². The van der Waals surface area contributed by atoms with Crippen LogP contribution in [0.4, 0.5) is 5.13 Å². The number of rotatable bonds is 5. The second-order valence-corrected chi connectivity index (χ2v) is 6.15. The summed E-state index contributed by atoms with van der Waals surface area (Å²) >= 11 is 1.30. The van der Waals surface area contributed by atoms with Crippen LogP contribution in [0.15, 0.2) is 32.9 Å². The molecular weight excluding hydrogens is 344 g/mol. The van der Waals surface area contributed by atoms with Crippen molar-refractivity contribution >= 4 is 33.3 Å². The quantitative estimate of drug-likeness (QED) is 0.704. The molecule has 0 aliphatic carbocycles. The van der Waals surface area contributed by atoms with Crippen molar-refractivity contribution in [3.63, 3.8) is 0 Å². The molecule has 1 aromatic carbocycles. The van der Waals surface area contributed by atoms with Crippen LogP contribution in [0.3, 0.4) is 0 Å². The van der Waals surface area contributed by atoms with E-state index in [4.69, 9.17) is 13.9 Å². The summed E-state index contributed by atoms with van der Waals surface area (Å²) in [6, 6.07) is 3.32. The Bertz CT molecular complexity index is 979. The molecule has 0 saturated carbocycles. The number of amides is 1. The van der Waals surface area contributed by atoms with Crippen LogP contribution in [0, 0.1) is 6.92 Å². The van der Waals surface area contributed by atoms with Crippen LogP contribution >= 0.6 is 11.3 Å². The Labute approximate surface area is 147 Å². The van der Waals surface area contributed by atoms with E-state index in [1.807, 2.05) is 0 Å². The molecule has 0 spiro atoms. The van der Waals surface area contributed by atoms with Crippen LogP contribution in [-0.4, -0.2) is 25.1 Å². The summed E-state index contributed by atoms with van der Waals surface area (Å²) in [6.45, 7) is 1.76. The molecule has 0 aliphatic rings. The first-order valence-electron chi connectivity index (χ1n) is 7.41. The molecule has 0 atom stereocenters. The first-order valence-corrected chi connectivity index (χ1v) is 8.29. The van der Waals surface area contributed by atoms with Gasteiger partial charge in [-0.3, -0.25) is 4.79 Å². The maximum Gasteiger partial charge on any atom is 0.340 e. The number of ether oxygens (including phenoxy) is 2. The molecule has 0 bridgehead atoms. The zero-order chi connectivity index (χ0) is 18.0. The van der Waals surface area contributed by atoms with E-state index in [9.17, 15) is 9.59 Å². The minimum absolute atomic E-state index is 0.112. The number of carbonyl (C=O) groups is 1. The third-order valence-electron chi connectivity index (χ3n) is 3.79.